The maximum absolute atomic E-state index is 12.5. The number of carbonyl (C=O) groups excluding carboxylic acids is 5. The Morgan fingerprint density at radius 2 is 1.14 bits per heavy atom. The van der Waals surface area contributed by atoms with Crippen LogP contribution in [0.4, 0.5) is 19.0 Å². The van der Waals surface area contributed by atoms with Gasteiger partial charge in [0.2, 0.25) is 20.0 Å². The van der Waals surface area contributed by atoms with Crippen LogP contribution < -0.4 is 178 Å². The summed E-state index contributed by atoms with van der Waals surface area (Å²) >= 11 is 11.9. The van der Waals surface area contributed by atoms with Crippen molar-refractivity contribution in [1.29, 1.82) is 10.5 Å². The topological polar surface area (TPSA) is 447 Å². The first kappa shape index (κ1) is 132. The number of aliphatic hydroxyl groups excluding tert-OH is 1. The van der Waals surface area contributed by atoms with Gasteiger partial charge in [0.15, 0.2) is 17.4 Å². The number of ketones is 1. The summed E-state index contributed by atoms with van der Waals surface area (Å²) in [6.07, 6.45) is 32.8. The number of alkyl halides is 5. The number of Topliss-reactive ketones (excluding diaryl/α,β-unsaturated/α-hetero) is 1. The number of nitrogens with two attached hydrogens (primary N) is 1. The maximum Gasteiger partial charge on any atom is 1.00 e. The molecule has 33 nitrogen and oxygen atoms in total. The van der Waals surface area contributed by atoms with E-state index in [1.165, 1.54) is 118 Å². The number of aldehydes is 2. The van der Waals surface area contributed by atoms with Crippen LogP contribution >= 0.6 is 34.5 Å². The Morgan fingerprint density at radius 1 is 0.669 bits per heavy atom. The number of fused-ring (bicyclic) bond motifs is 3. The number of aryl methyl sites for hydroxylation is 1. The number of carboxylic acid groups (broad SMARTS) is 1. The van der Waals surface area contributed by atoms with Crippen molar-refractivity contribution < 1.29 is 256 Å². The first-order valence-electron chi connectivity index (χ1n) is 47.7. The van der Waals surface area contributed by atoms with Crippen LogP contribution in [0.2, 0.25) is 0 Å². The number of aromatic nitrogens is 3. The zero-order valence-corrected chi connectivity index (χ0v) is 101. The van der Waals surface area contributed by atoms with E-state index >= 15 is 0 Å². The first-order chi connectivity index (χ1) is 65.1. The quantitative estimate of drug-likeness (QED) is 0.00727. The molecule has 0 atom stereocenters. The fraction of sp³-hybridized carbons (Fsp3) is 0.688. The van der Waals surface area contributed by atoms with Crippen molar-refractivity contribution in [3.63, 3.8) is 0 Å². The van der Waals surface area contributed by atoms with E-state index in [9.17, 15) is 67.7 Å². The number of likely N-dealkylation sites (tertiary alicyclic amines) is 3. The third kappa shape index (κ3) is 39.5. The molecule has 18 rings (SSSR count). The minimum Gasteiger partial charge on any atom is -1.00 e. The number of halogens is 5. The van der Waals surface area contributed by atoms with Crippen LogP contribution in [-0.4, -0.2) is 338 Å². The summed E-state index contributed by atoms with van der Waals surface area (Å²) in [5.74, 6) is 1.73. The molecular formula is C96H148AlCl2Cs2F3LiN15O18S4. The van der Waals surface area contributed by atoms with Crippen molar-refractivity contribution >= 4 is 152 Å². The number of carbonyl (C=O) groups is 6. The number of piperidine rings is 4. The van der Waals surface area contributed by atoms with E-state index in [2.05, 4.69) is 66.7 Å². The number of thiophene rings is 1. The number of benzene rings is 2. The summed E-state index contributed by atoms with van der Waals surface area (Å²) in [7, 11) is -9.70. The molecule has 5 aromatic rings. The number of sulfonamides is 2. The molecule has 6 saturated carbocycles. The van der Waals surface area contributed by atoms with Crippen molar-refractivity contribution in [2.45, 2.75) is 267 Å². The van der Waals surface area contributed by atoms with Crippen LogP contribution in [0.25, 0.3) is 27.2 Å². The van der Waals surface area contributed by atoms with Gasteiger partial charge in [-0.1, -0.05) is 45.2 Å². The summed E-state index contributed by atoms with van der Waals surface area (Å²) in [4.78, 5) is 87.0. The van der Waals surface area contributed by atoms with E-state index in [0.717, 1.165) is 210 Å². The molecule has 3 aromatic heterocycles. The smallest absolute Gasteiger partial charge is 1.00 e. The fourth-order valence-corrected chi connectivity index (χ4v) is 21.9. The van der Waals surface area contributed by atoms with Gasteiger partial charge in [0, 0.05) is 132 Å². The molecule has 13 aliphatic rings. The number of nitrogens with one attached hydrogen (secondary N) is 2. The molecule has 6 saturated heterocycles. The SMILES string of the molecule is C.CC(=O)C1(N)CC1.CCOC(=O)C1(N2CCCCC2)CC1.CS(=O)(=O)OCC1(N2CCN(S(C)(=O)=O)CC2)CC1.Cc1c(C=O)ccc2c1C=C(C#N)C2.Cc1c(C=O)ccc2c1cc(C#N)n2CC1(N2CCN(S(C)(=O)=O)CC2)CC1.ClCCCCCCl.FC(F)(F)Cc1cc2c(NC3CCNCC3)ncnc2s1.O=C(O)C1(N2CCCCC2)CC1.O=CO[O-].OCC1(N2CCCCC2)CC1.[AlH3].[Cs+].[Cs+].[H-].[H-].[Li+]. The number of nitriles is 2. The molecule has 780 valence electrons. The zero-order valence-electron chi connectivity index (χ0n) is 85.2. The van der Waals surface area contributed by atoms with E-state index in [4.69, 9.17) is 63.4 Å². The average Bonchev–Trinajstić information content (AvgIpc) is 1.59. The number of esters is 1. The van der Waals surface area contributed by atoms with Gasteiger partial charge in [0.05, 0.1) is 62.0 Å². The van der Waals surface area contributed by atoms with Gasteiger partial charge >= 0.3 is 175 Å². The molecule has 7 aliphatic carbocycles. The summed E-state index contributed by atoms with van der Waals surface area (Å²) in [5, 5.41) is 53.3. The summed E-state index contributed by atoms with van der Waals surface area (Å²) in [5.41, 5.74) is 12.2. The summed E-state index contributed by atoms with van der Waals surface area (Å²) < 4.78 is 121. The Balaban J connectivity index is 0.000000556. The third-order valence-corrected chi connectivity index (χ3v) is 32.7. The Morgan fingerprint density at radius 3 is 1.54 bits per heavy atom. The van der Waals surface area contributed by atoms with Gasteiger partial charge in [0.1, 0.15) is 58.2 Å². The Bertz CT molecular complexity index is 5370. The molecular weight excluding hydrogens is 2210 g/mol. The van der Waals surface area contributed by atoms with Gasteiger partial charge in [0.25, 0.3) is 16.6 Å². The summed E-state index contributed by atoms with van der Waals surface area (Å²) in [6.45, 7) is 21.9. The van der Waals surface area contributed by atoms with E-state index in [1.54, 1.807) is 13.0 Å². The normalized spacial score (nSPS) is 20.3. The van der Waals surface area contributed by atoms with Crippen LogP contribution in [0.5, 0.6) is 0 Å². The van der Waals surface area contributed by atoms with Crippen LogP contribution in [0.1, 0.15) is 245 Å². The minimum atomic E-state index is -4.20. The van der Waals surface area contributed by atoms with Crippen molar-refractivity contribution in [1.82, 2.24) is 53.0 Å². The number of rotatable bonds is 27. The van der Waals surface area contributed by atoms with Crippen LogP contribution in [0.3, 0.4) is 0 Å². The van der Waals surface area contributed by atoms with Gasteiger partial charge in [-0.2, -0.15) is 40.7 Å². The average molecular weight is 2360 g/mol. The second-order valence-corrected chi connectivity index (χ2v) is 45.3. The molecule has 9 heterocycles. The van der Waals surface area contributed by atoms with Gasteiger partial charge in [-0.15, -0.1) is 34.5 Å². The number of anilines is 1. The van der Waals surface area contributed by atoms with Gasteiger partial charge in [-0.25, -0.2) is 26.8 Å². The second kappa shape index (κ2) is 61.7. The minimum absolute atomic E-state index is 0. The van der Waals surface area contributed by atoms with E-state index in [-0.39, 0.29) is 242 Å². The standard InChI is InChI=1S/C20H24N4O3S.C13H15F3N4S.C12H9NO.C11H19NO2.C10H20N2O5S2.C9H15NO2.C9H17NO.C5H10Cl2.C5H9NO.CH2O3.CH4.Al.2Cs.Li.5H/c1-15-16(13-25)3-4-19-18(15)11-17(12-21)24(19)14-20(5-6-20)22-7-9-23(10-8-22)28(2,26)27;14-13(15,16)6-9-5-10-11(18-7-19-12(10)21-9)20-8-1-3-17-4-2-8;1-8-11(7-14)3-2-10-4-9(6-13)5-12(8)10;1-2-14-10(13)11(6-7-11)12-8-4-3-5-9-12;1-18(13,14)12-7-5-11(6-8-12)10(3-4-10)9-17-19(2,15)16;11-8(12)9(4-5-9)10-6-2-1-3-7-10;11-8-9(4-5-9)10-6-2-1-3-7-10;6-4-2-1-3-5-7;1-4(7)5(6)2-3-5;2-1-4-3;;;;;;;;;;/h3-4,11,13H,5-10,14H2,1-2H3;5,7-8,17H,1-4,6H2,(H,18,19,20);2-3,5,7H,4H2,1H3;2-9H2,1H3;3-9H2,1-2H3;1-7H2,(H,11,12);11H,1-8H2;1-5H2;2-3,6H2,1H3;1,3H;1H4;;;;;;;;;/q;;;;;;;;;;;;3*+1;;;;2*-1/p-1. The van der Waals surface area contributed by atoms with E-state index in [0.29, 0.717) is 117 Å². The number of allylic oxidation sites excluding steroid dienone is 1. The van der Waals surface area contributed by atoms with Crippen LogP contribution in [-0.2, 0) is 82.5 Å². The predicted octanol–water partition coefficient (Wildman–Crippen LogP) is 1.53. The number of ether oxygens (including phenoxy) is 1. The van der Waals surface area contributed by atoms with E-state index < -0.39 is 54.3 Å². The molecule has 0 bridgehead atoms. The Labute approximate surface area is 995 Å². The number of piperazine rings is 2. The van der Waals surface area contributed by atoms with Gasteiger partial charge in [-0.05, 0) is 274 Å². The van der Waals surface area contributed by atoms with Crippen LogP contribution in [0, 0.1) is 36.5 Å². The second-order valence-electron chi connectivity index (χ2n) is 37.8. The molecule has 0 radical (unpaired) electrons. The number of carboxylic acids is 1. The molecule has 2 aromatic carbocycles. The van der Waals surface area contributed by atoms with Crippen molar-refractivity contribution in [3.8, 4) is 12.1 Å². The monoisotopic (exact) mass is 2350 g/mol. The van der Waals surface area contributed by atoms with Gasteiger partial charge < -0.3 is 48.9 Å². The Kier molecular flexibility index (Phi) is 57.5. The largest absolute Gasteiger partial charge is 1.00 e. The Hall–Kier alpha value is -2.07. The molecule has 6 N–H and O–H groups in total. The van der Waals surface area contributed by atoms with Crippen molar-refractivity contribution in [3.05, 3.63) is 92.3 Å². The number of hydrogen-bond acceptors (Lipinski definition) is 30. The van der Waals surface area contributed by atoms with Gasteiger partial charge in [-0.3, -0.25) is 57.4 Å². The molecule has 142 heavy (non-hydrogen) atoms. The number of aliphatic carboxylic acids is 1. The van der Waals surface area contributed by atoms with Crippen molar-refractivity contribution in [2.75, 3.05) is 160 Å². The fourth-order valence-electron chi connectivity index (χ4n) is 18.4. The molecule has 0 unspecified atom stereocenters. The first-order valence-corrected chi connectivity index (χ1v) is 55.1. The van der Waals surface area contributed by atoms with Crippen LogP contribution in [0.15, 0.2) is 48.3 Å². The number of aliphatic hydroxyl groups is 1. The zero-order chi connectivity index (χ0) is 100. The predicted molar refractivity (Wildman–Crippen MR) is 540 cm³/mol. The molecule has 6 aliphatic heterocycles. The molecule has 46 heteroatoms. The molecule has 0 amide bonds. The van der Waals surface area contributed by atoms with E-state index in [1.807, 2.05) is 57.2 Å². The number of unbranched alkanes of at least 4 members (excludes halogenated alkanes) is 2. The number of hydrogen-bond donors (Lipinski definition) is 5. The number of nitrogens with zero attached hydrogens (tertiary/aromatic N) is 12. The summed E-state index contributed by atoms with van der Waals surface area (Å²) in [6, 6.07) is 15.6. The molecule has 12 fully saturated rings. The third-order valence-electron chi connectivity index (χ3n) is 28.0. The molecule has 0 spiro atoms. The maximum atomic E-state index is 12.5. The van der Waals surface area contributed by atoms with Crippen molar-refractivity contribution in [2.24, 2.45) is 5.73 Å².